The molecule has 0 atom stereocenters. The SMILES string of the molecule is C=C(O)CNC=O.Cc1cccc(Oc2ccccc2)c1. The minimum absolute atomic E-state index is 0.0351. The van der Waals surface area contributed by atoms with Crippen LogP contribution in [0.1, 0.15) is 5.56 Å². The molecule has 21 heavy (non-hydrogen) atoms. The molecule has 4 nitrogen and oxygen atoms in total. The number of aliphatic hydroxyl groups excluding tert-OH is 1. The van der Waals surface area contributed by atoms with Gasteiger partial charge in [0.05, 0.1) is 6.54 Å². The Balaban J connectivity index is 0.000000270. The van der Waals surface area contributed by atoms with E-state index in [1.165, 1.54) is 5.56 Å². The Kier molecular flexibility index (Phi) is 7.14. The highest BCUT2D eigenvalue weighted by Gasteiger charge is 1.95. The van der Waals surface area contributed by atoms with Gasteiger partial charge in [0.1, 0.15) is 17.3 Å². The highest BCUT2D eigenvalue weighted by atomic mass is 16.5. The Labute approximate surface area is 124 Å². The number of ether oxygens (including phenoxy) is 1. The van der Waals surface area contributed by atoms with Gasteiger partial charge in [0.2, 0.25) is 6.41 Å². The maximum atomic E-state index is 9.45. The van der Waals surface area contributed by atoms with Crippen LogP contribution in [-0.4, -0.2) is 18.1 Å². The second kappa shape index (κ2) is 9.20. The molecule has 0 unspecified atom stereocenters. The van der Waals surface area contributed by atoms with Gasteiger partial charge in [-0.25, -0.2) is 0 Å². The second-order valence-corrected chi connectivity index (χ2v) is 4.30. The van der Waals surface area contributed by atoms with Crippen molar-refractivity contribution >= 4 is 6.41 Å². The topological polar surface area (TPSA) is 58.6 Å². The lowest BCUT2D eigenvalue weighted by Gasteiger charge is -2.05. The average molecular weight is 285 g/mol. The molecule has 0 bridgehead atoms. The van der Waals surface area contributed by atoms with Crippen molar-refractivity contribution in [1.29, 1.82) is 0 Å². The lowest BCUT2D eigenvalue weighted by molar-refractivity contribution is -0.109. The largest absolute Gasteiger partial charge is 0.511 e. The van der Waals surface area contributed by atoms with Crippen LogP contribution in [0.2, 0.25) is 0 Å². The molecule has 4 heteroatoms. The maximum Gasteiger partial charge on any atom is 0.207 e. The number of carbonyl (C=O) groups is 1. The van der Waals surface area contributed by atoms with Crippen LogP contribution < -0.4 is 10.1 Å². The van der Waals surface area contributed by atoms with Crippen molar-refractivity contribution < 1.29 is 14.6 Å². The van der Waals surface area contributed by atoms with Gasteiger partial charge in [0, 0.05) is 0 Å². The number of carbonyl (C=O) groups excluding carboxylic acids is 1. The van der Waals surface area contributed by atoms with E-state index >= 15 is 0 Å². The van der Waals surface area contributed by atoms with Gasteiger partial charge in [-0.15, -0.1) is 0 Å². The molecule has 0 spiro atoms. The van der Waals surface area contributed by atoms with E-state index in [9.17, 15) is 4.79 Å². The zero-order valence-corrected chi connectivity index (χ0v) is 12.0. The molecule has 2 aromatic carbocycles. The lowest BCUT2D eigenvalue weighted by Crippen LogP contribution is -2.13. The van der Waals surface area contributed by atoms with Gasteiger partial charge in [0.25, 0.3) is 0 Å². The highest BCUT2D eigenvalue weighted by Crippen LogP contribution is 2.21. The predicted octanol–water partition coefficient (Wildman–Crippen LogP) is 3.59. The third-order valence-electron chi connectivity index (χ3n) is 2.36. The molecule has 0 fully saturated rings. The summed E-state index contributed by atoms with van der Waals surface area (Å²) in [5, 5.41) is 10.5. The van der Waals surface area contributed by atoms with Crippen molar-refractivity contribution in [2.24, 2.45) is 0 Å². The minimum Gasteiger partial charge on any atom is -0.511 e. The summed E-state index contributed by atoms with van der Waals surface area (Å²) in [7, 11) is 0. The monoisotopic (exact) mass is 285 g/mol. The molecular formula is C17H19NO3. The van der Waals surface area contributed by atoms with E-state index < -0.39 is 0 Å². The fourth-order valence-corrected chi connectivity index (χ4v) is 1.46. The quantitative estimate of drug-likeness (QED) is 0.652. The summed E-state index contributed by atoms with van der Waals surface area (Å²) in [6, 6.07) is 17.8. The van der Waals surface area contributed by atoms with Gasteiger partial charge < -0.3 is 15.2 Å². The molecule has 2 rings (SSSR count). The number of amides is 1. The summed E-state index contributed by atoms with van der Waals surface area (Å²) in [5.74, 6) is 1.72. The standard InChI is InChI=1S/C13H12O.C4H7NO2/c1-11-6-5-9-13(10-11)14-12-7-3-2-4-8-12;1-4(7)2-5-3-6/h2-10H,1H3;3,7H,1-2H2,(H,5,6). The zero-order valence-electron chi connectivity index (χ0n) is 12.0. The van der Waals surface area contributed by atoms with Crippen molar-refractivity contribution in [2.75, 3.05) is 6.54 Å². The number of rotatable bonds is 5. The molecule has 0 heterocycles. The van der Waals surface area contributed by atoms with E-state index in [1.807, 2.05) is 48.5 Å². The summed E-state index contributed by atoms with van der Waals surface area (Å²) in [6.07, 6.45) is 0.501. The van der Waals surface area contributed by atoms with Crippen LogP contribution in [-0.2, 0) is 4.79 Å². The zero-order chi connectivity index (χ0) is 15.5. The molecule has 0 aliphatic carbocycles. The van der Waals surface area contributed by atoms with Gasteiger partial charge in [-0.2, -0.15) is 0 Å². The van der Waals surface area contributed by atoms with Crippen molar-refractivity contribution in [3.8, 4) is 11.5 Å². The first-order chi connectivity index (χ1) is 10.1. The highest BCUT2D eigenvalue weighted by molar-refractivity contribution is 5.46. The number of aryl methyl sites for hydroxylation is 1. The van der Waals surface area contributed by atoms with Crippen molar-refractivity contribution in [3.05, 3.63) is 72.5 Å². The molecular weight excluding hydrogens is 266 g/mol. The van der Waals surface area contributed by atoms with E-state index in [0.717, 1.165) is 11.5 Å². The Bertz CT molecular complexity index is 567. The summed E-state index contributed by atoms with van der Waals surface area (Å²) < 4.78 is 5.66. The van der Waals surface area contributed by atoms with Crippen LogP contribution in [0, 0.1) is 6.92 Å². The van der Waals surface area contributed by atoms with Gasteiger partial charge in [-0.3, -0.25) is 4.79 Å². The van der Waals surface area contributed by atoms with Crippen LogP contribution in [0.5, 0.6) is 11.5 Å². The number of aliphatic hydroxyl groups is 1. The summed E-state index contributed by atoms with van der Waals surface area (Å²) in [6.45, 7) is 5.32. The van der Waals surface area contributed by atoms with E-state index in [0.29, 0.717) is 6.41 Å². The molecule has 0 aliphatic rings. The Morgan fingerprint density at radius 2 is 1.86 bits per heavy atom. The van der Waals surface area contributed by atoms with E-state index in [-0.39, 0.29) is 12.3 Å². The number of para-hydroxylation sites is 1. The Morgan fingerprint density at radius 1 is 1.19 bits per heavy atom. The van der Waals surface area contributed by atoms with Gasteiger partial charge >= 0.3 is 0 Å². The molecule has 0 aromatic heterocycles. The molecule has 0 saturated carbocycles. The number of hydrogen-bond donors (Lipinski definition) is 2. The first-order valence-electron chi connectivity index (χ1n) is 6.45. The molecule has 0 saturated heterocycles. The molecule has 2 aromatic rings. The smallest absolute Gasteiger partial charge is 0.207 e. The molecule has 0 aliphatic heterocycles. The molecule has 0 radical (unpaired) electrons. The van der Waals surface area contributed by atoms with Gasteiger partial charge in [0.15, 0.2) is 0 Å². The molecule has 1 amide bonds. The van der Waals surface area contributed by atoms with E-state index in [2.05, 4.69) is 24.9 Å². The van der Waals surface area contributed by atoms with E-state index in [4.69, 9.17) is 9.84 Å². The predicted molar refractivity (Wildman–Crippen MR) is 83.5 cm³/mol. The second-order valence-electron chi connectivity index (χ2n) is 4.30. The number of nitrogens with one attached hydrogen (secondary N) is 1. The van der Waals surface area contributed by atoms with Crippen molar-refractivity contribution in [2.45, 2.75) is 6.92 Å². The van der Waals surface area contributed by atoms with Crippen molar-refractivity contribution in [3.63, 3.8) is 0 Å². The Morgan fingerprint density at radius 3 is 2.38 bits per heavy atom. The van der Waals surface area contributed by atoms with Crippen LogP contribution >= 0.6 is 0 Å². The first-order valence-corrected chi connectivity index (χ1v) is 6.45. The van der Waals surface area contributed by atoms with Crippen molar-refractivity contribution in [1.82, 2.24) is 5.32 Å². The van der Waals surface area contributed by atoms with Gasteiger partial charge in [-0.1, -0.05) is 36.9 Å². The number of benzene rings is 2. The Hall–Kier alpha value is -2.75. The summed E-state index contributed by atoms with van der Waals surface area (Å²) in [5.41, 5.74) is 1.21. The maximum absolute atomic E-state index is 9.45. The number of hydrogen-bond acceptors (Lipinski definition) is 3. The molecule has 2 N–H and O–H groups in total. The van der Waals surface area contributed by atoms with Crippen LogP contribution in [0.3, 0.4) is 0 Å². The lowest BCUT2D eigenvalue weighted by atomic mass is 10.2. The van der Waals surface area contributed by atoms with Crippen LogP contribution in [0.15, 0.2) is 66.9 Å². The third kappa shape index (κ3) is 7.42. The van der Waals surface area contributed by atoms with Crippen LogP contribution in [0.4, 0.5) is 0 Å². The van der Waals surface area contributed by atoms with Crippen LogP contribution in [0.25, 0.3) is 0 Å². The molecule has 110 valence electrons. The first kappa shape index (κ1) is 16.3. The fourth-order valence-electron chi connectivity index (χ4n) is 1.46. The van der Waals surface area contributed by atoms with E-state index in [1.54, 1.807) is 0 Å². The average Bonchev–Trinajstić information content (AvgIpc) is 2.47. The summed E-state index contributed by atoms with van der Waals surface area (Å²) in [4.78, 5) is 9.45. The van der Waals surface area contributed by atoms with Gasteiger partial charge in [-0.05, 0) is 36.8 Å². The summed E-state index contributed by atoms with van der Waals surface area (Å²) >= 11 is 0. The minimum atomic E-state index is -0.0351. The third-order valence-corrected chi connectivity index (χ3v) is 2.36. The normalized spacial score (nSPS) is 9.00. The fraction of sp³-hybridized carbons (Fsp3) is 0.118.